The maximum absolute atomic E-state index is 2.44. The summed E-state index contributed by atoms with van der Waals surface area (Å²) >= 11 is 0. The minimum atomic E-state index is -0.0813. The zero-order chi connectivity index (χ0) is 18.6. The van der Waals surface area contributed by atoms with Crippen molar-refractivity contribution in [2.45, 2.75) is 57.8 Å². The summed E-state index contributed by atoms with van der Waals surface area (Å²) in [5.74, 6) is 0. The van der Waals surface area contributed by atoms with Crippen LogP contribution in [0.1, 0.15) is 69.2 Å². The fourth-order valence-corrected chi connectivity index (χ4v) is 4.00. The van der Waals surface area contributed by atoms with E-state index in [0.717, 1.165) is 6.42 Å². The molecule has 0 aliphatic heterocycles. The first kappa shape index (κ1) is 31.6. The average Bonchev–Trinajstić information content (AvgIpc) is 3.15. The summed E-state index contributed by atoms with van der Waals surface area (Å²) in [4.78, 5) is 0. The summed E-state index contributed by atoms with van der Waals surface area (Å²) in [6.07, 6.45) is 3.54. The SMILES string of the molecule is CCCCC(c1ccccc1)(c1ccccc1)[c-]1ccc(C(C)(C)C)c1.[Cl-].[Cl-].[Cl-].[Ti+4]. The van der Waals surface area contributed by atoms with Crippen LogP contribution in [0, 0.1) is 0 Å². The molecule has 0 aromatic heterocycles. The number of benzene rings is 2. The molecule has 3 rings (SSSR count). The van der Waals surface area contributed by atoms with Gasteiger partial charge in [-0.15, -0.1) is 5.56 Å². The van der Waals surface area contributed by atoms with E-state index < -0.39 is 0 Å². The largest absolute Gasteiger partial charge is 4.00 e. The van der Waals surface area contributed by atoms with Crippen molar-refractivity contribution < 1.29 is 58.9 Å². The van der Waals surface area contributed by atoms with Gasteiger partial charge in [-0.3, -0.25) is 0 Å². The molecule has 4 heteroatoms. The van der Waals surface area contributed by atoms with E-state index in [2.05, 4.69) is 107 Å². The zero-order valence-corrected chi connectivity index (χ0v) is 22.1. The molecule has 3 aromatic rings. The molecule has 30 heavy (non-hydrogen) atoms. The minimum absolute atomic E-state index is 0. The Morgan fingerprint density at radius 3 is 1.53 bits per heavy atom. The summed E-state index contributed by atoms with van der Waals surface area (Å²) in [7, 11) is 0. The number of hydrogen-bond donors (Lipinski definition) is 0. The Hall–Kier alpha value is -0.626. The zero-order valence-electron chi connectivity index (χ0n) is 18.3. The van der Waals surface area contributed by atoms with Crippen LogP contribution >= 0.6 is 0 Å². The van der Waals surface area contributed by atoms with E-state index in [-0.39, 0.29) is 69.8 Å². The van der Waals surface area contributed by atoms with E-state index >= 15 is 0 Å². The third-order valence-electron chi connectivity index (χ3n) is 5.55. The van der Waals surface area contributed by atoms with Crippen LogP contribution in [0.2, 0.25) is 0 Å². The maximum Gasteiger partial charge on any atom is 4.00 e. The molecule has 0 amide bonds. The van der Waals surface area contributed by atoms with Gasteiger partial charge in [0.05, 0.1) is 0 Å². The Labute approximate surface area is 216 Å². The summed E-state index contributed by atoms with van der Waals surface area (Å²) in [5.41, 5.74) is 5.72. The minimum Gasteiger partial charge on any atom is -1.00 e. The standard InChI is InChI=1S/C26H31.3ClH.Ti/c1-5-6-19-26(21-13-9-7-10-14-21,22-15-11-8-12-16-22)24-18-17-23(20-24)25(2,3)4;;;;/h7-18,20H,5-6,19H2,1-4H3;3*1H;/q-1;;;;+4/p-3. The fourth-order valence-electron chi connectivity index (χ4n) is 4.00. The molecule has 0 radical (unpaired) electrons. The second kappa shape index (κ2) is 13.7. The maximum atomic E-state index is 2.44. The normalized spacial score (nSPS) is 10.7. The summed E-state index contributed by atoms with van der Waals surface area (Å²) < 4.78 is 0. The number of hydrogen-bond acceptors (Lipinski definition) is 0. The van der Waals surface area contributed by atoms with Crippen molar-refractivity contribution in [3.63, 3.8) is 0 Å². The number of rotatable bonds is 6. The van der Waals surface area contributed by atoms with Crippen molar-refractivity contribution in [1.82, 2.24) is 0 Å². The molecule has 0 atom stereocenters. The summed E-state index contributed by atoms with van der Waals surface area (Å²) in [6.45, 7) is 9.17. The van der Waals surface area contributed by atoms with Crippen LogP contribution in [0.3, 0.4) is 0 Å². The molecular weight excluding hydrogens is 467 g/mol. The molecule has 0 aliphatic carbocycles. The van der Waals surface area contributed by atoms with Crippen molar-refractivity contribution in [3.8, 4) is 0 Å². The van der Waals surface area contributed by atoms with E-state index in [1.807, 2.05) is 0 Å². The van der Waals surface area contributed by atoms with Gasteiger partial charge in [0.25, 0.3) is 0 Å². The van der Waals surface area contributed by atoms with Crippen LogP contribution in [-0.4, -0.2) is 0 Å². The van der Waals surface area contributed by atoms with Gasteiger partial charge < -0.3 is 37.2 Å². The molecule has 0 saturated heterocycles. The van der Waals surface area contributed by atoms with Gasteiger partial charge in [0.1, 0.15) is 0 Å². The molecule has 0 saturated carbocycles. The molecule has 3 aromatic carbocycles. The van der Waals surface area contributed by atoms with Crippen molar-refractivity contribution in [2.24, 2.45) is 0 Å². The van der Waals surface area contributed by atoms with E-state index in [0.29, 0.717) is 0 Å². The van der Waals surface area contributed by atoms with E-state index in [1.165, 1.54) is 35.1 Å². The predicted molar refractivity (Wildman–Crippen MR) is 113 cm³/mol. The first-order valence-corrected chi connectivity index (χ1v) is 9.87. The Balaban J connectivity index is 0. The first-order chi connectivity index (χ1) is 12.5. The van der Waals surface area contributed by atoms with Crippen molar-refractivity contribution in [2.75, 3.05) is 0 Å². The topological polar surface area (TPSA) is 0 Å². The van der Waals surface area contributed by atoms with Gasteiger partial charge in [-0.2, -0.15) is 17.7 Å². The van der Waals surface area contributed by atoms with E-state index in [1.54, 1.807) is 0 Å². The van der Waals surface area contributed by atoms with E-state index in [4.69, 9.17) is 0 Å². The van der Waals surface area contributed by atoms with Crippen LogP contribution in [0.4, 0.5) is 0 Å². The molecule has 0 unspecified atom stereocenters. The van der Waals surface area contributed by atoms with Gasteiger partial charge in [0.15, 0.2) is 0 Å². The molecule has 0 spiro atoms. The third kappa shape index (κ3) is 6.68. The third-order valence-corrected chi connectivity index (χ3v) is 5.55. The predicted octanol–water partition coefficient (Wildman–Crippen LogP) is -1.76. The van der Waals surface area contributed by atoms with Gasteiger partial charge in [0.2, 0.25) is 0 Å². The summed E-state index contributed by atoms with van der Waals surface area (Å²) in [5, 5.41) is 0. The second-order valence-corrected chi connectivity index (χ2v) is 8.38. The molecule has 0 nitrogen and oxygen atoms in total. The molecule has 0 bridgehead atoms. The second-order valence-electron chi connectivity index (χ2n) is 8.38. The Bertz CT molecular complexity index is 781. The van der Waals surface area contributed by atoms with Crippen LogP contribution < -0.4 is 37.2 Å². The number of halogens is 3. The average molecular weight is 498 g/mol. The van der Waals surface area contributed by atoms with Crippen molar-refractivity contribution in [3.05, 3.63) is 101 Å². The van der Waals surface area contributed by atoms with Crippen LogP contribution in [0.25, 0.3) is 0 Å². The summed E-state index contributed by atoms with van der Waals surface area (Å²) in [6, 6.07) is 29.2. The Morgan fingerprint density at radius 2 is 1.17 bits per heavy atom. The van der Waals surface area contributed by atoms with Crippen LogP contribution in [0.15, 0.2) is 78.9 Å². The molecule has 0 aliphatic rings. The Morgan fingerprint density at radius 1 is 0.700 bits per heavy atom. The van der Waals surface area contributed by atoms with Gasteiger partial charge in [-0.25, -0.2) is 6.07 Å². The molecular formula is C26H31Cl3Ti. The van der Waals surface area contributed by atoms with Gasteiger partial charge in [-0.05, 0) is 17.5 Å². The van der Waals surface area contributed by atoms with Crippen molar-refractivity contribution in [1.29, 1.82) is 0 Å². The van der Waals surface area contributed by atoms with Crippen LogP contribution in [-0.2, 0) is 32.5 Å². The fraction of sp³-hybridized carbons (Fsp3) is 0.346. The number of unbranched alkanes of at least 4 members (excludes halogenated alkanes) is 1. The van der Waals surface area contributed by atoms with E-state index in [9.17, 15) is 0 Å². The molecule has 0 fully saturated rings. The van der Waals surface area contributed by atoms with Gasteiger partial charge in [-0.1, -0.05) is 107 Å². The van der Waals surface area contributed by atoms with Gasteiger partial charge in [0, 0.05) is 5.41 Å². The molecule has 160 valence electrons. The smallest absolute Gasteiger partial charge is 1.00 e. The van der Waals surface area contributed by atoms with Gasteiger partial charge >= 0.3 is 21.7 Å². The molecule has 0 heterocycles. The van der Waals surface area contributed by atoms with Crippen molar-refractivity contribution >= 4 is 0 Å². The monoisotopic (exact) mass is 496 g/mol. The quantitative estimate of drug-likeness (QED) is 0.280. The molecule has 0 N–H and O–H groups in total. The van der Waals surface area contributed by atoms with Crippen LogP contribution in [0.5, 0.6) is 0 Å². The first-order valence-electron chi connectivity index (χ1n) is 9.87. The Kier molecular flexibility index (Phi) is 14.4.